The average Bonchev–Trinajstić information content (AvgIpc) is 2.31. The third kappa shape index (κ3) is 5.58. The molecule has 3 N–H and O–H groups in total. The first-order valence-corrected chi connectivity index (χ1v) is 5.66. The van der Waals surface area contributed by atoms with Crippen molar-refractivity contribution in [3.05, 3.63) is 24.3 Å². The summed E-state index contributed by atoms with van der Waals surface area (Å²) in [5.41, 5.74) is 5.87. The number of anilines is 1. The molecule has 0 aliphatic heterocycles. The van der Waals surface area contributed by atoms with Crippen LogP contribution < -0.4 is 15.8 Å². The van der Waals surface area contributed by atoms with E-state index >= 15 is 0 Å². The second-order valence-electron chi connectivity index (χ2n) is 3.70. The van der Waals surface area contributed by atoms with Gasteiger partial charge in [-0.25, -0.2) is 0 Å². The van der Waals surface area contributed by atoms with Crippen molar-refractivity contribution in [1.29, 1.82) is 0 Å². The quantitative estimate of drug-likeness (QED) is 0.738. The molecule has 0 aliphatic carbocycles. The lowest BCUT2D eigenvalue weighted by Crippen LogP contribution is -2.12. The van der Waals surface area contributed by atoms with E-state index < -0.39 is 6.61 Å². The Hall–Kier alpha value is -1.69. The number of carbonyl (C=O) groups is 1. The molecule has 0 atom stereocenters. The Balaban J connectivity index is 2.40. The van der Waals surface area contributed by atoms with Gasteiger partial charge in [-0.3, -0.25) is 4.79 Å². The Bertz CT molecular complexity index is 369. The molecule has 0 spiro atoms. The van der Waals surface area contributed by atoms with Crippen LogP contribution >= 0.6 is 0 Å². The Kier molecular flexibility index (Phi) is 6.07. The van der Waals surface area contributed by atoms with Gasteiger partial charge in [0.2, 0.25) is 5.91 Å². The van der Waals surface area contributed by atoms with E-state index in [1.807, 2.05) is 0 Å². The molecule has 0 radical (unpaired) electrons. The zero-order valence-electron chi connectivity index (χ0n) is 9.86. The maximum absolute atomic E-state index is 11.9. The number of benzene rings is 1. The van der Waals surface area contributed by atoms with Crippen LogP contribution in [0.3, 0.4) is 0 Å². The van der Waals surface area contributed by atoms with E-state index in [4.69, 9.17) is 5.73 Å². The van der Waals surface area contributed by atoms with Crippen LogP contribution in [0.15, 0.2) is 24.3 Å². The Morgan fingerprint density at radius 1 is 1.28 bits per heavy atom. The molecule has 1 aromatic carbocycles. The molecule has 100 valence electrons. The summed E-state index contributed by atoms with van der Waals surface area (Å²) in [6, 6.07) is 5.78. The molecular weight excluding hydrogens is 242 g/mol. The normalized spacial score (nSPS) is 10.4. The van der Waals surface area contributed by atoms with Crippen molar-refractivity contribution in [2.24, 2.45) is 5.73 Å². The van der Waals surface area contributed by atoms with E-state index in [9.17, 15) is 13.6 Å². The van der Waals surface area contributed by atoms with Crippen molar-refractivity contribution in [3.63, 3.8) is 0 Å². The summed E-state index contributed by atoms with van der Waals surface area (Å²) in [6.07, 6.45) is 1.93. The monoisotopic (exact) mass is 258 g/mol. The van der Waals surface area contributed by atoms with Gasteiger partial charge in [0.05, 0.1) is 0 Å². The molecular formula is C12H16F2N2O2. The zero-order chi connectivity index (χ0) is 13.4. The SMILES string of the molecule is NCCCCC(=O)Nc1ccc(OC(F)F)cc1. The van der Waals surface area contributed by atoms with Gasteiger partial charge in [0.15, 0.2) is 0 Å². The molecule has 18 heavy (non-hydrogen) atoms. The average molecular weight is 258 g/mol. The highest BCUT2D eigenvalue weighted by Crippen LogP contribution is 2.17. The van der Waals surface area contributed by atoms with Crippen LogP contribution in [0, 0.1) is 0 Å². The smallest absolute Gasteiger partial charge is 0.387 e. The van der Waals surface area contributed by atoms with Gasteiger partial charge in [-0.15, -0.1) is 0 Å². The van der Waals surface area contributed by atoms with Gasteiger partial charge in [0, 0.05) is 12.1 Å². The lowest BCUT2D eigenvalue weighted by Gasteiger charge is -2.07. The summed E-state index contributed by atoms with van der Waals surface area (Å²) in [5.74, 6) is -0.0582. The van der Waals surface area contributed by atoms with Crippen LogP contribution in [0.5, 0.6) is 5.75 Å². The fourth-order valence-corrected chi connectivity index (χ4v) is 1.37. The zero-order valence-corrected chi connectivity index (χ0v) is 9.86. The van der Waals surface area contributed by atoms with Crippen molar-refractivity contribution in [2.45, 2.75) is 25.9 Å². The first-order chi connectivity index (χ1) is 8.61. The van der Waals surface area contributed by atoms with Gasteiger partial charge >= 0.3 is 6.61 Å². The third-order valence-electron chi connectivity index (χ3n) is 2.22. The van der Waals surface area contributed by atoms with Crippen LogP contribution in [0.2, 0.25) is 0 Å². The van der Waals surface area contributed by atoms with E-state index in [0.717, 1.165) is 12.8 Å². The van der Waals surface area contributed by atoms with Gasteiger partial charge in [0.25, 0.3) is 0 Å². The lowest BCUT2D eigenvalue weighted by atomic mass is 10.2. The number of rotatable bonds is 7. The number of halogens is 2. The van der Waals surface area contributed by atoms with Crippen molar-refractivity contribution in [3.8, 4) is 5.75 Å². The van der Waals surface area contributed by atoms with E-state index in [-0.39, 0.29) is 11.7 Å². The minimum absolute atomic E-state index is 0.0612. The largest absolute Gasteiger partial charge is 0.435 e. The summed E-state index contributed by atoms with van der Waals surface area (Å²) >= 11 is 0. The highest BCUT2D eigenvalue weighted by Gasteiger charge is 2.05. The number of nitrogens with two attached hydrogens (primary N) is 1. The maximum Gasteiger partial charge on any atom is 0.387 e. The van der Waals surface area contributed by atoms with Crippen molar-refractivity contribution in [2.75, 3.05) is 11.9 Å². The maximum atomic E-state index is 11.9. The number of carbonyl (C=O) groups excluding carboxylic acids is 1. The molecule has 4 nitrogen and oxygen atoms in total. The fourth-order valence-electron chi connectivity index (χ4n) is 1.37. The Morgan fingerprint density at radius 3 is 2.50 bits per heavy atom. The number of hydrogen-bond acceptors (Lipinski definition) is 3. The molecule has 6 heteroatoms. The van der Waals surface area contributed by atoms with Gasteiger partial charge in [0.1, 0.15) is 5.75 Å². The van der Waals surface area contributed by atoms with Gasteiger partial charge in [-0.05, 0) is 43.7 Å². The minimum atomic E-state index is -2.85. The molecule has 1 rings (SSSR count). The van der Waals surface area contributed by atoms with Crippen LogP contribution in [0.1, 0.15) is 19.3 Å². The fraction of sp³-hybridized carbons (Fsp3) is 0.417. The number of hydrogen-bond donors (Lipinski definition) is 2. The lowest BCUT2D eigenvalue weighted by molar-refractivity contribution is -0.116. The number of nitrogens with one attached hydrogen (secondary N) is 1. The van der Waals surface area contributed by atoms with E-state index in [1.54, 1.807) is 0 Å². The molecule has 0 heterocycles. The second kappa shape index (κ2) is 7.60. The summed E-state index contributed by atoms with van der Waals surface area (Å²) < 4.78 is 28.0. The molecule has 1 amide bonds. The molecule has 0 saturated carbocycles. The highest BCUT2D eigenvalue weighted by molar-refractivity contribution is 5.90. The first kappa shape index (κ1) is 14.4. The molecule has 0 bridgehead atoms. The first-order valence-electron chi connectivity index (χ1n) is 5.66. The van der Waals surface area contributed by atoms with Gasteiger partial charge in [-0.1, -0.05) is 0 Å². The van der Waals surface area contributed by atoms with Crippen LogP contribution in [-0.2, 0) is 4.79 Å². The summed E-state index contributed by atoms with van der Waals surface area (Å²) in [4.78, 5) is 11.4. The highest BCUT2D eigenvalue weighted by atomic mass is 19.3. The number of amides is 1. The molecule has 0 unspecified atom stereocenters. The summed E-state index contributed by atoms with van der Waals surface area (Å²) in [5, 5.41) is 2.66. The third-order valence-corrected chi connectivity index (χ3v) is 2.22. The molecule has 0 fully saturated rings. The van der Waals surface area contributed by atoms with Gasteiger partial charge < -0.3 is 15.8 Å². The van der Waals surface area contributed by atoms with Crippen molar-refractivity contribution < 1.29 is 18.3 Å². The molecule has 0 aromatic heterocycles. The Labute approximate surface area is 104 Å². The molecule has 0 saturated heterocycles. The predicted molar refractivity (Wildman–Crippen MR) is 64.6 cm³/mol. The van der Waals surface area contributed by atoms with E-state index in [1.165, 1.54) is 24.3 Å². The number of alkyl halides is 2. The van der Waals surface area contributed by atoms with Crippen molar-refractivity contribution >= 4 is 11.6 Å². The molecule has 1 aromatic rings. The van der Waals surface area contributed by atoms with Crippen LogP contribution in [0.25, 0.3) is 0 Å². The molecule has 0 aliphatic rings. The van der Waals surface area contributed by atoms with Gasteiger partial charge in [-0.2, -0.15) is 8.78 Å². The standard InChI is InChI=1S/C12H16F2N2O2/c13-12(14)18-10-6-4-9(5-7-10)16-11(17)3-1-2-8-15/h4-7,12H,1-3,8,15H2,(H,16,17). The van der Waals surface area contributed by atoms with E-state index in [0.29, 0.717) is 18.7 Å². The predicted octanol–water partition coefficient (Wildman–Crippen LogP) is 2.36. The summed E-state index contributed by atoms with van der Waals surface area (Å²) in [7, 11) is 0. The van der Waals surface area contributed by atoms with E-state index in [2.05, 4.69) is 10.1 Å². The van der Waals surface area contributed by atoms with Crippen LogP contribution in [-0.4, -0.2) is 19.1 Å². The van der Waals surface area contributed by atoms with Crippen molar-refractivity contribution in [1.82, 2.24) is 0 Å². The summed E-state index contributed by atoms with van der Waals surface area (Å²) in [6.45, 7) is -2.28. The Morgan fingerprint density at radius 2 is 1.94 bits per heavy atom. The van der Waals surface area contributed by atoms with Crippen LogP contribution in [0.4, 0.5) is 14.5 Å². The topological polar surface area (TPSA) is 64.4 Å². The second-order valence-corrected chi connectivity index (χ2v) is 3.70. The number of unbranched alkanes of at least 4 members (excludes halogenated alkanes) is 1. The number of ether oxygens (including phenoxy) is 1. The minimum Gasteiger partial charge on any atom is -0.435 e.